The summed E-state index contributed by atoms with van der Waals surface area (Å²) in [7, 11) is 0. The van der Waals surface area contributed by atoms with Gasteiger partial charge in [-0.1, -0.05) is 13.8 Å². The second kappa shape index (κ2) is 10.3. The first-order chi connectivity index (χ1) is 14.8. The van der Waals surface area contributed by atoms with Crippen LogP contribution in [0.2, 0.25) is 0 Å². The van der Waals surface area contributed by atoms with E-state index in [0.717, 1.165) is 23.5 Å². The Labute approximate surface area is 184 Å². The van der Waals surface area contributed by atoms with Crippen LogP contribution in [0.4, 0.5) is 0 Å². The van der Waals surface area contributed by atoms with Crippen LogP contribution in [0.25, 0.3) is 0 Å². The first-order valence-corrected chi connectivity index (χ1v) is 11.2. The Kier molecular flexibility index (Phi) is 7.69. The molecule has 2 aliphatic heterocycles. The van der Waals surface area contributed by atoms with E-state index in [1.54, 1.807) is 14.7 Å². The summed E-state index contributed by atoms with van der Waals surface area (Å²) in [5.41, 5.74) is 3.28. The average Bonchev–Trinajstić information content (AvgIpc) is 3.03. The minimum atomic E-state index is -0.474. The number of hydrogen-bond donors (Lipinski definition) is 0. The van der Waals surface area contributed by atoms with Crippen LogP contribution in [-0.2, 0) is 32.1 Å². The summed E-state index contributed by atoms with van der Waals surface area (Å²) in [6.45, 7) is 12.8. The van der Waals surface area contributed by atoms with Gasteiger partial charge in [-0.15, -0.1) is 0 Å². The largest absolute Gasteiger partial charge is 0.378 e. The zero-order valence-electron chi connectivity index (χ0n) is 19.2. The highest BCUT2D eigenvalue weighted by Crippen LogP contribution is 2.17. The van der Waals surface area contributed by atoms with Gasteiger partial charge in [0.2, 0.25) is 5.91 Å². The molecule has 3 heterocycles. The van der Waals surface area contributed by atoms with Gasteiger partial charge in [0.15, 0.2) is 0 Å². The number of hydrogen-bond acceptors (Lipinski definition) is 5. The molecule has 0 saturated carbocycles. The zero-order valence-corrected chi connectivity index (χ0v) is 19.2. The third-order valence-electron chi connectivity index (χ3n) is 6.06. The number of piperazine rings is 1. The molecule has 0 aliphatic carbocycles. The lowest BCUT2D eigenvalue weighted by molar-refractivity contribution is -0.155. The molecule has 0 N–H and O–H groups in total. The SMILES string of the molecule is Cc1nn(CC(C)C)c(C)c1CCC(=O)N1CCN(C(=O)C(=O)N2CCOCC2)CC1. The molecular weight excluding hydrogens is 398 g/mol. The number of nitrogens with zero attached hydrogens (tertiary/aromatic N) is 5. The molecule has 172 valence electrons. The third kappa shape index (κ3) is 5.64. The molecule has 3 amide bonds. The second-order valence-electron chi connectivity index (χ2n) is 8.80. The van der Waals surface area contributed by atoms with Gasteiger partial charge >= 0.3 is 11.8 Å². The summed E-state index contributed by atoms with van der Waals surface area (Å²) in [5.74, 6) is -0.339. The van der Waals surface area contributed by atoms with E-state index in [1.807, 2.05) is 11.6 Å². The summed E-state index contributed by atoms with van der Waals surface area (Å²) >= 11 is 0. The van der Waals surface area contributed by atoms with Crippen molar-refractivity contribution in [3.8, 4) is 0 Å². The Morgan fingerprint density at radius 1 is 0.903 bits per heavy atom. The van der Waals surface area contributed by atoms with Crippen LogP contribution in [0.1, 0.15) is 37.2 Å². The molecule has 0 atom stereocenters. The van der Waals surface area contributed by atoms with Crippen molar-refractivity contribution in [3.63, 3.8) is 0 Å². The molecule has 0 aromatic carbocycles. The molecule has 2 aliphatic rings. The molecule has 2 fully saturated rings. The number of aryl methyl sites for hydroxylation is 1. The van der Waals surface area contributed by atoms with Gasteiger partial charge in [0.25, 0.3) is 0 Å². The van der Waals surface area contributed by atoms with Crippen LogP contribution in [-0.4, -0.2) is 94.7 Å². The van der Waals surface area contributed by atoms with Gasteiger partial charge in [0.1, 0.15) is 0 Å². The lowest BCUT2D eigenvalue weighted by Gasteiger charge is -2.36. The van der Waals surface area contributed by atoms with Crippen molar-refractivity contribution in [1.29, 1.82) is 0 Å². The minimum Gasteiger partial charge on any atom is -0.378 e. The molecule has 0 radical (unpaired) electrons. The highest BCUT2D eigenvalue weighted by molar-refractivity contribution is 6.34. The Hall–Kier alpha value is -2.42. The maximum Gasteiger partial charge on any atom is 0.312 e. The molecule has 9 nitrogen and oxygen atoms in total. The molecule has 0 spiro atoms. The predicted molar refractivity (Wildman–Crippen MR) is 115 cm³/mol. The fourth-order valence-electron chi connectivity index (χ4n) is 4.21. The van der Waals surface area contributed by atoms with Crippen LogP contribution < -0.4 is 0 Å². The molecule has 0 unspecified atom stereocenters. The first-order valence-electron chi connectivity index (χ1n) is 11.2. The Bertz CT molecular complexity index is 805. The maximum absolute atomic E-state index is 12.7. The third-order valence-corrected chi connectivity index (χ3v) is 6.06. The summed E-state index contributed by atoms with van der Waals surface area (Å²) in [4.78, 5) is 42.6. The lowest BCUT2D eigenvalue weighted by Crippen LogP contribution is -2.55. The van der Waals surface area contributed by atoms with E-state index in [-0.39, 0.29) is 5.91 Å². The predicted octanol–water partition coefficient (Wildman–Crippen LogP) is 0.618. The summed E-state index contributed by atoms with van der Waals surface area (Å²) in [6.07, 6.45) is 1.10. The minimum absolute atomic E-state index is 0.0852. The number of amides is 3. The standard InChI is InChI=1S/C22H35N5O4/c1-16(2)15-27-18(4)19(17(3)23-27)5-6-20(28)24-7-9-25(10-8-24)21(29)22(30)26-11-13-31-14-12-26/h16H,5-15H2,1-4H3. The average molecular weight is 434 g/mol. The molecule has 3 rings (SSSR count). The molecular formula is C22H35N5O4. The summed E-state index contributed by atoms with van der Waals surface area (Å²) in [6, 6.07) is 0. The van der Waals surface area contributed by atoms with E-state index < -0.39 is 11.8 Å². The smallest absolute Gasteiger partial charge is 0.312 e. The van der Waals surface area contributed by atoms with E-state index >= 15 is 0 Å². The van der Waals surface area contributed by atoms with E-state index in [4.69, 9.17) is 4.74 Å². The Morgan fingerprint density at radius 3 is 2.03 bits per heavy atom. The van der Waals surface area contributed by atoms with Gasteiger partial charge in [0.05, 0.1) is 18.9 Å². The molecule has 0 bridgehead atoms. The normalized spacial score (nSPS) is 17.4. The number of carbonyl (C=O) groups is 3. The summed E-state index contributed by atoms with van der Waals surface area (Å²) < 4.78 is 7.27. The van der Waals surface area contributed by atoms with Gasteiger partial charge in [0, 0.05) is 57.9 Å². The van der Waals surface area contributed by atoms with Crippen molar-refractivity contribution < 1.29 is 19.1 Å². The monoisotopic (exact) mass is 433 g/mol. The molecule has 1 aromatic heterocycles. The van der Waals surface area contributed by atoms with Crippen LogP contribution >= 0.6 is 0 Å². The number of ether oxygens (including phenoxy) is 1. The maximum atomic E-state index is 12.7. The van der Waals surface area contributed by atoms with E-state index in [0.29, 0.717) is 71.2 Å². The Morgan fingerprint density at radius 2 is 1.45 bits per heavy atom. The van der Waals surface area contributed by atoms with Crippen LogP contribution in [0.3, 0.4) is 0 Å². The van der Waals surface area contributed by atoms with Crippen molar-refractivity contribution in [1.82, 2.24) is 24.5 Å². The quantitative estimate of drug-likeness (QED) is 0.635. The highest BCUT2D eigenvalue weighted by atomic mass is 16.5. The number of morpholine rings is 1. The topological polar surface area (TPSA) is 88.0 Å². The van der Waals surface area contributed by atoms with Gasteiger partial charge in [-0.25, -0.2) is 0 Å². The number of aromatic nitrogens is 2. The Balaban J connectivity index is 1.48. The lowest BCUT2D eigenvalue weighted by atomic mass is 10.1. The molecule has 31 heavy (non-hydrogen) atoms. The highest BCUT2D eigenvalue weighted by Gasteiger charge is 2.31. The van der Waals surface area contributed by atoms with Crippen LogP contribution in [0.5, 0.6) is 0 Å². The molecule has 1 aromatic rings. The molecule has 9 heteroatoms. The van der Waals surface area contributed by atoms with Crippen molar-refractivity contribution in [2.24, 2.45) is 5.92 Å². The second-order valence-corrected chi connectivity index (χ2v) is 8.80. The summed E-state index contributed by atoms with van der Waals surface area (Å²) in [5, 5.41) is 4.63. The van der Waals surface area contributed by atoms with Gasteiger partial charge < -0.3 is 19.4 Å². The van der Waals surface area contributed by atoms with Gasteiger partial charge in [-0.3, -0.25) is 19.1 Å². The van der Waals surface area contributed by atoms with Gasteiger partial charge in [-0.05, 0) is 31.7 Å². The number of carbonyl (C=O) groups excluding carboxylic acids is 3. The van der Waals surface area contributed by atoms with Crippen molar-refractivity contribution in [2.45, 2.75) is 47.1 Å². The fraction of sp³-hybridized carbons (Fsp3) is 0.727. The van der Waals surface area contributed by atoms with Crippen LogP contribution in [0, 0.1) is 19.8 Å². The van der Waals surface area contributed by atoms with Crippen molar-refractivity contribution in [2.75, 3.05) is 52.5 Å². The first kappa shape index (κ1) is 23.2. The zero-order chi connectivity index (χ0) is 22.5. The number of rotatable bonds is 5. The molecule has 2 saturated heterocycles. The fourth-order valence-corrected chi connectivity index (χ4v) is 4.21. The van der Waals surface area contributed by atoms with Crippen molar-refractivity contribution in [3.05, 3.63) is 17.0 Å². The van der Waals surface area contributed by atoms with Crippen LogP contribution in [0.15, 0.2) is 0 Å². The van der Waals surface area contributed by atoms with E-state index in [2.05, 4.69) is 25.9 Å². The van der Waals surface area contributed by atoms with Crippen molar-refractivity contribution >= 4 is 17.7 Å². The van der Waals surface area contributed by atoms with Gasteiger partial charge in [-0.2, -0.15) is 5.10 Å². The van der Waals surface area contributed by atoms with E-state index in [9.17, 15) is 14.4 Å². The van der Waals surface area contributed by atoms with E-state index in [1.165, 1.54) is 0 Å².